The quantitative estimate of drug-likeness (QED) is 0.324. The highest BCUT2D eigenvalue weighted by Crippen LogP contribution is 2.32. The van der Waals surface area contributed by atoms with Gasteiger partial charge in [-0.3, -0.25) is 9.48 Å². The molecule has 0 aliphatic heterocycles. The third-order valence-corrected chi connectivity index (χ3v) is 5.66. The van der Waals surface area contributed by atoms with Gasteiger partial charge in [0.2, 0.25) is 0 Å². The molecule has 3 N–H and O–H groups in total. The lowest BCUT2D eigenvalue weighted by molar-refractivity contribution is -0.136. The van der Waals surface area contributed by atoms with Gasteiger partial charge in [0.1, 0.15) is 30.5 Å². The van der Waals surface area contributed by atoms with E-state index in [0.29, 0.717) is 33.8 Å². The highest BCUT2D eigenvalue weighted by molar-refractivity contribution is 5.71. The first-order valence-corrected chi connectivity index (χ1v) is 11.5. The molecule has 0 bridgehead atoms. The lowest BCUT2D eigenvalue weighted by Gasteiger charge is -2.15. The van der Waals surface area contributed by atoms with E-state index in [9.17, 15) is 9.90 Å². The number of rotatable bonds is 10. The minimum atomic E-state index is -0.942. The molecule has 1 heterocycles. The van der Waals surface area contributed by atoms with Gasteiger partial charge in [-0.05, 0) is 48.4 Å². The van der Waals surface area contributed by atoms with Gasteiger partial charge in [-0.1, -0.05) is 36.4 Å². The largest absolute Gasteiger partial charge is 0.489 e. The Kier molecular flexibility index (Phi) is 7.65. The van der Waals surface area contributed by atoms with Crippen molar-refractivity contribution in [2.75, 3.05) is 0 Å². The number of para-hydroxylation sites is 1. The molecule has 4 rings (SSSR count). The van der Waals surface area contributed by atoms with Crippen LogP contribution in [0.4, 0.5) is 4.39 Å². The molecule has 0 fully saturated rings. The number of carboxylic acids is 1. The van der Waals surface area contributed by atoms with Crippen molar-refractivity contribution < 1.29 is 23.8 Å². The number of nitrogens with zero attached hydrogens (tertiary/aromatic N) is 2. The van der Waals surface area contributed by atoms with E-state index in [0.717, 1.165) is 11.3 Å². The predicted molar refractivity (Wildman–Crippen MR) is 134 cm³/mol. The molecule has 0 radical (unpaired) electrons. The van der Waals surface area contributed by atoms with Gasteiger partial charge in [0.15, 0.2) is 0 Å². The molecule has 0 aliphatic rings. The Balaban J connectivity index is 1.66. The van der Waals surface area contributed by atoms with E-state index in [-0.39, 0.29) is 25.5 Å². The summed E-state index contributed by atoms with van der Waals surface area (Å²) in [6.07, 6.45) is 1.68. The van der Waals surface area contributed by atoms with Crippen LogP contribution in [0.15, 0.2) is 72.9 Å². The van der Waals surface area contributed by atoms with Crippen LogP contribution >= 0.6 is 0 Å². The number of nitrogens with two attached hydrogens (primary N) is 1. The molecule has 0 unspecified atom stereocenters. The molecule has 36 heavy (non-hydrogen) atoms. The van der Waals surface area contributed by atoms with Crippen molar-refractivity contribution in [1.82, 2.24) is 9.78 Å². The number of hydrogen-bond donors (Lipinski definition) is 2. The summed E-state index contributed by atoms with van der Waals surface area (Å²) in [7, 11) is 1.83. The summed E-state index contributed by atoms with van der Waals surface area (Å²) in [4.78, 5) is 11.2. The molecule has 186 valence electrons. The molecule has 8 heteroatoms. The molecule has 0 amide bonds. The average molecular weight is 490 g/mol. The maximum absolute atomic E-state index is 15.3. The van der Waals surface area contributed by atoms with E-state index in [4.69, 9.17) is 15.2 Å². The van der Waals surface area contributed by atoms with Crippen molar-refractivity contribution >= 4 is 5.97 Å². The van der Waals surface area contributed by atoms with Gasteiger partial charge in [0.25, 0.3) is 0 Å². The molecule has 4 aromatic rings. The number of benzene rings is 3. The summed E-state index contributed by atoms with van der Waals surface area (Å²) in [5.41, 5.74) is 9.47. The topological polar surface area (TPSA) is 99.6 Å². The normalized spacial score (nSPS) is 11.8. The minimum Gasteiger partial charge on any atom is -0.489 e. The Morgan fingerprint density at radius 2 is 1.89 bits per heavy atom. The third kappa shape index (κ3) is 6.09. The van der Waals surface area contributed by atoms with E-state index in [1.807, 2.05) is 31.4 Å². The molecular weight excluding hydrogens is 461 g/mol. The van der Waals surface area contributed by atoms with Crippen molar-refractivity contribution in [2.24, 2.45) is 12.8 Å². The van der Waals surface area contributed by atoms with Crippen molar-refractivity contribution in [3.63, 3.8) is 0 Å². The van der Waals surface area contributed by atoms with E-state index >= 15 is 4.39 Å². The lowest BCUT2D eigenvalue weighted by Crippen LogP contribution is -2.08. The van der Waals surface area contributed by atoms with Crippen LogP contribution in [0.1, 0.15) is 35.3 Å². The van der Waals surface area contributed by atoms with Crippen LogP contribution in [0.2, 0.25) is 0 Å². The number of ether oxygens (including phenoxy) is 2. The van der Waals surface area contributed by atoms with Gasteiger partial charge < -0.3 is 20.3 Å². The second-order valence-electron chi connectivity index (χ2n) is 8.60. The van der Waals surface area contributed by atoms with Crippen LogP contribution in [-0.4, -0.2) is 20.9 Å². The van der Waals surface area contributed by atoms with Crippen molar-refractivity contribution in [1.29, 1.82) is 0 Å². The lowest BCUT2D eigenvalue weighted by atomic mass is 9.97. The van der Waals surface area contributed by atoms with Crippen molar-refractivity contribution in [3.8, 4) is 22.6 Å². The van der Waals surface area contributed by atoms with Gasteiger partial charge in [-0.25, -0.2) is 4.39 Å². The smallest absolute Gasteiger partial charge is 0.307 e. The van der Waals surface area contributed by atoms with Crippen LogP contribution in [0.25, 0.3) is 11.1 Å². The van der Waals surface area contributed by atoms with E-state index in [2.05, 4.69) is 5.10 Å². The number of hydrogen-bond acceptors (Lipinski definition) is 5. The number of halogens is 1. The number of aryl methyl sites for hydroxylation is 1. The number of aromatic nitrogens is 2. The van der Waals surface area contributed by atoms with Gasteiger partial charge in [0.05, 0.1) is 12.1 Å². The molecule has 1 atom stereocenters. The highest BCUT2D eigenvalue weighted by Gasteiger charge is 2.15. The predicted octanol–water partition coefficient (Wildman–Crippen LogP) is 5.03. The SMILES string of the molecule is C[C@@H](N)c1cccc(-c2cc(COc3ccccc3CC(=O)O)cc(OCc3ccn(C)n3)c2)c1F. The Morgan fingerprint density at radius 1 is 1.08 bits per heavy atom. The Bertz CT molecular complexity index is 1370. The van der Waals surface area contributed by atoms with Crippen molar-refractivity contribution in [3.05, 3.63) is 101 Å². The maximum atomic E-state index is 15.3. The summed E-state index contributed by atoms with van der Waals surface area (Å²) >= 11 is 0. The van der Waals surface area contributed by atoms with Crippen molar-refractivity contribution in [2.45, 2.75) is 32.6 Å². The van der Waals surface area contributed by atoms with Crippen LogP contribution in [0.5, 0.6) is 11.5 Å². The fourth-order valence-corrected chi connectivity index (χ4v) is 3.92. The van der Waals surface area contributed by atoms with Gasteiger partial charge in [-0.15, -0.1) is 0 Å². The highest BCUT2D eigenvalue weighted by atomic mass is 19.1. The summed E-state index contributed by atoms with van der Waals surface area (Å²) in [6, 6.07) is 19.0. The molecule has 0 spiro atoms. The first-order chi connectivity index (χ1) is 17.3. The Morgan fingerprint density at radius 3 is 2.61 bits per heavy atom. The second-order valence-corrected chi connectivity index (χ2v) is 8.60. The van der Waals surface area contributed by atoms with Gasteiger partial charge in [-0.2, -0.15) is 5.10 Å². The molecule has 0 aliphatic carbocycles. The van der Waals surface area contributed by atoms with E-state index in [1.54, 1.807) is 60.1 Å². The van der Waals surface area contributed by atoms with E-state index in [1.165, 1.54) is 0 Å². The zero-order chi connectivity index (χ0) is 25.7. The molecule has 1 aromatic heterocycles. The van der Waals surface area contributed by atoms with Crippen LogP contribution in [0, 0.1) is 5.82 Å². The van der Waals surface area contributed by atoms with E-state index < -0.39 is 12.0 Å². The monoisotopic (exact) mass is 489 g/mol. The van der Waals surface area contributed by atoms with Crippen LogP contribution in [-0.2, 0) is 31.5 Å². The fourth-order valence-electron chi connectivity index (χ4n) is 3.92. The standard InChI is InChI=1S/C28H28FN3O4/c1-18(30)24-7-5-8-25(28(24)29)21-12-19(13-23(14-21)35-17-22-10-11-32(2)31-22)16-36-26-9-4-3-6-20(26)15-27(33)34/h3-14,18H,15-17,30H2,1-2H3,(H,33,34)/t18-/m1/s1. The van der Waals surface area contributed by atoms with Gasteiger partial charge >= 0.3 is 5.97 Å². The zero-order valence-corrected chi connectivity index (χ0v) is 20.1. The second kappa shape index (κ2) is 11.0. The average Bonchev–Trinajstić information content (AvgIpc) is 3.27. The minimum absolute atomic E-state index is 0.138. The zero-order valence-electron chi connectivity index (χ0n) is 20.1. The molecule has 3 aromatic carbocycles. The first kappa shape index (κ1) is 24.9. The first-order valence-electron chi connectivity index (χ1n) is 11.5. The number of aliphatic carboxylic acids is 1. The Labute approximate surface area is 208 Å². The van der Waals surface area contributed by atoms with Crippen LogP contribution < -0.4 is 15.2 Å². The maximum Gasteiger partial charge on any atom is 0.307 e. The molecule has 0 saturated carbocycles. The van der Waals surface area contributed by atoms with Gasteiger partial charge in [0, 0.05) is 36.0 Å². The summed E-state index contributed by atoms with van der Waals surface area (Å²) in [5.74, 6) is -0.316. The fraction of sp³-hybridized carbons (Fsp3) is 0.214. The molecule has 7 nitrogen and oxygen atoms in total. The number of carbonyl (C=O) groups is 1. The number of carboxylic acid groups (broad SMARTS) is 1. The van der Waals surface area contributed by atoms with Crippen LogP contribution in [0.3, 0.4) is 0 Å². The molecule has 0 saturated heterocycles. The Hall–Kier alpha value is -4.17. The molecular formula is C28H28FN3O4. The third-order valence-electron chi connectivity index (χ3n) is 5.66. The summed E-state index contributed by atoms with van der Waals surface area (Å²) in [5, 5.41) is 13.5. The summed E-state index contributed by atoms with van der Waals surface area (Å²) < 4.78 is 29.0. The summed E-state index contributed by atoms with van der Waals surface area (Å²) in [6.45, 7) is 2.12.